The molecule has 1 heterocycles. The minimum atomic E-state index is -1.40. The molecule has 1 N–H and O–H groups in total. The van der Waals surface area contributed by atoms with Crippen LogP contribution < -0.4 is 0 Å². The number of hydrogen-bond donors (Lipinski definition) is 1. The van der Waals surface area contributed by atoms with Gasteiger partial charge in [0.2, 0.25) is 0 Å². The number of rotatable bonds is 2. The molecule has 1 aromatic heterocycles. The summed E-state index contributed by atoms with van der Waals surface area (Å²) in [6.07, 6.45) is 0. The molecule has 0 bridgehead atoms. The molecule has 0 amide bonds. The van der Waals surface area contributed by atoms with Crippen LogP contribution in [0.3, 0.4) is 0 Å². The van der Waals surface area contributed by atoms with E-state index in [-0.39, 0.29) is 20.9 Å². The van der Waals surface area contributed by atoms with Gasteiger partial charge < -0.3 is 5.11 Å². The van der Waals surface area contributed by atoms with Crippen molar-refractivity contribution >= 4 is 46.5 Å². The number of carbonyl (C=O) groups is 1. The van der Waals surface area contributed by atoms with Crippen LogP contribution in [0.5, 0.6) is 0 Å². The van der Waals surface area contributed by atoms with E-state index in [1.807, 2.05) is 0 Å². The van der Waals surface area contributed by atoms with Gasteiger partial charge in [0.05, 0.1) is 15.7 Å². The first-order chi connectivity index (χ1) is 6.99. The van der Waals surface area contributed by atoms with E-state index in [4.69, 9.17) is 45.4 Å². The summed E-state index contributed by atoms with van der Waals surface area (Å²) in [6, 6.07) is 0. The summed E-state index contributed by atoms with van der Waals surface area (Å²) in [5.74, 6) is -1.40. The quantitative estimate of drug-likeness (QED) is 0.383. The molecule has 78 valence electrons. The standard InChI is InChI=1S/C6HCl3N4O2/c7-1-3(12-13-10)2(8)5(9)11-4(1)6(14)15/h(H,14,15). The first-order valence-corrected chi connectivity index (χ1v) is 4.45. The van der Waals surface area contributed by atoms with Crippen molar-refractivity contribution in [2.75, 3.05) is 0 Å². The zero-order valence-electron chi connectivity index (χ0n) is 6.78. The van der Waals surface area contributed by atoms with E-state index < -0.39 is 11.7 Å². The number of nitrogens with zero attached hydrogens (tertiary/aromatic N) is 4. The highest BCUT2D eigenvalue weighted by atomic mass is 35.5. The Labute approximate surface area is 98.0 Å². The van der Waals surface area contributed by atoms with Gasteiger partial charge in [0, 0.05) is 4.91 Å². The molecule has 0 aromatic carbocycles. The molecule has 0 aliphatic heterocycles. The van der Waals surface area contributed by atoms with Crippen LogP contribution >= 0.6 is 34.8 Å². The Balaban J connectivity index is 3.62. The number of carboxylic acid groups (broad SMARTS) is 1. The molecule has 15 heavy (non-hydrogen) atoms. The van der Waals surface area contributed by atoms with Gasteiger partial charge in [0.15, 0.2) is 5.69 Å². The Morgan fingerprint density at radius 1 is 1.40 bits per heavy atom. The largest absolute Gasteiger partial charge is 0.476 e. The number of hydrogen-bond acceptors (Lipinski definition) is 3. The number of aromatic nitrogens is 1. The normalized spacial score (nSPS) is 9.53. The van der Waals surface area contributed by atoms with Gasteiger partial charge in [-0.05, 0) is 5.53 Å². The number of aromatic carboxylic acids is 1. The lowest BCUT2D eigenvalue weighted by Gasteiger charge is -2.04. The smallest absolute Gasteiger partial charge is 0.356 e. The van der Waals surface area contributed by atoms with Gasteiger partial charge in [0.25, 0.3) is 0 Å². The van der Waals surface area contributed by atoms with Gasteiger partial charge in [0.1, 0.15) is 5.15 Å². The highest BCUT2D eigenvalue weighted by Crippen LogP contribution is 2.38. The number of azide groups is 1. The van der Waals surface area contributed by atoms with E-state index in [1.54, 1.807) is 0 Å². The third kappa shape index (κ3) is 2.24. The second-order valence-corrected chi connectivity index (χ2v) is 3.34. The Hall–Kier alpha value is -1.20. The van der Waals surface area contributed by atoms with Crippen molar-refractivity contribution in [3.63, 3.8) is 0 Å². The topological polar surface area (TPSA) is 99.0 Å². The van der Waals surface area contributed by atoms with Crippen LogP contribution in [0, 0.1) is 0 Å². The predicted octanol–water partition coefficient (Wildman–Crippen LogP) is 3.68. The van der Waals surface area contributed by atoms with Crippen LogP contribution in [-0.2, 0) is 0 Å². The van der Waals surface area contributed by atoms with E-state index >= 15 is 0 Å². The summed E-state index contributed by atoms with van der Waals surface area (Å²) >= 11 is 16.7. The van der Waals surface area contributed by atoms with Gasteiger partial charge in [-0.2, -0.15) is 0 Å². The van der Waals surface area contributed by atoms with E-state index in [9.17, 15) is 4.79 Å². The van der Waals surface area contributed by atoms with Crippen LogP contribution in [0.4, 0.5) is 5.69 Å². The lowest BCUT2D eigenvalue weighted by atomic mass is 10.3. The molecule has 0 saturated carbocycles. The average molecular weight is 267 g/mol. The summed E-state index contributed by atoms with van der Waals surface area (Å²) in [5, 5.41) is 11.0. The highest BCUT2D eigenvalue weighted by Gasteiger charge is 2.19. The Bertz CT molecular complexity index is 484. The average Bonchev–Trinajstić information content (AvgIpc) is 2.18. The maximum Gasteiger partial charge on any atom is 0.356 e. The number of halogens is 3. The zero-order chi connectivity index (χ0) is 11.6. The SMILES string of the molecule is [N-]=[N+]=Nc1c(Cl)c(Cl)nc(C(=O)O)c1Cl. The van der Waals surface area contributed by atoms with E-state index in [2.05, 4.69) is 15.0 Å². The van der Waals surface area contributed by atoms with Crippen LogP contribution in [0.25, 0.3) is 10.4 Å². The molecule has 0 spiro atoms. The van der Waals surface area contributed by atoms with Crippen molar-refractivity contribution in [1.82, 2.24) is 4.98 Å². The maximum absolute atomic E-state index is 10.7. The van der Waals surface area contributed by atoms with Crippen LogP contribution in [0.1, 0.15) is 10.5 Å². The monoisotopic (exact) mass is 266 g/mol. The fourth-order valence-electron chi connectivity index (χ4n) is 0.777. The molecule has 0 aliphatic rings. The van der Waals surface area contributed by atoms with Gasteiger partial charge in [-0.3, -0.25) is 0 Å². The van der Waals surface area contributed by atoms with Crippen LogP contribution in [-0.4, -0.2) is 16.1 Å². The summed E-state index contributed by atoms with van der Waals surface area (Å²) in [5.41, 5.74) is 7.45. The van der Waals surface area contributed by atoms with Crippen molar-refractivity contribution < 1.29 is 9.90 Å². The highest BCUT2D eigenvalue weighted by molar-refractivity contribution is 6.45. The predicted molar refractivity (Wildman–Crippen MR) is 55.0 cm³/mol. The number of carboxylic acids is 1. The Kier molecular flexibility index (Phi) is 3.60. The molecule has 1 rings (SSSR count). The van der Waals surface area contributed by atoms with Gasteiger partial charge in [-0.1, -0.05) is 39.9 Å². The summed E-state index contributed by atoms with van der Waals surface area (Å²) in [6.45, 7) is 0. The first kappa shape index (κ1) is 11.9. The third-order valence-corrected chi connectivity index (χ3v) is 2.45. The lowest BCUT2D eigenvalue weighted by molar-refractivity contribution is 0.0691. The van der Waals surface area contributed by atoms with Crippen LogP contribution in [0.15, 0.2) is 5.11 Å². The summed E-state index contributed by atoms with van der Waals surface area (Å²) in [7, 11) is 0. The van der Waals surface area contributed by atoms with Crippen molar-refractivity contribution in [2.45, 2.75) is 0 Å². The maximum atomic E-state index is 10.7. The molecular weight excluding hydrogens is 266 g/mol. The fraction of sp³-hybridized carbons (Fsp3) is 0. The molecule has 0 saturated heterocycles. The molecule has 0 unspecified atom stereocenters. The van der Waals surface area contributed by atoms with Crippen molar-refractivity contribution in [3.05, 3.63) is 31.3 Å². The van der Waals surface area contributed by atoms with E-state index in [0.717, 1.165) is 0 Å². The number of pyridine rings is 1. The summed E-state index contributed by atoms with van der Waals surface area (Å²) < 4.78 is 0. The first-order valence-electron chi connectivity index (χ1n) is 3.32. The molecule has 1 aromatic rings. The van der Waals surface area contributed by atoms with Crippen molar-refractivity contribution in [1.29, 1.82) is 0 Å². The van der Waals surface area contributed by atoms with E-state index in [0.29, 0.717) is 0 Å². The molecule has 0 radical (unpaired) electrons. The molecule has 0 aliphatic carbocycles. The third-order valence-electron chi connectivity index (χ3n) is 1.36. The molecule has 6 nitrogen and oxygen atoms in total. The van der Waals surface area contributed by atoms with Crippen molar-refractivity contribution in [3.8, 4) is 0 Å². The minimum absolute atomic E-state index is 0.190. The van der Waals surface area contributed by atoms with E-state index in [1.165, 1.54) is 0 Å². The molecule has 9 heteroatoms. The Morgan fingerprint density at radius 3 is 2.47 bits per heavy atom. The Morgan fingerprint density at radius 2 is 2.00 bits per heavy atom. The lowest BCUT2D eigenvalue weighted by Crippen LogP contribution is -2.02. The second kappa shape index (κ2) is 4.55. The van der Waals surface area contributed by atoms with Crippen molar-refractivity contribution in [2.24, 2.45) is 5.11 Å². The summed E-state index contributed by atoms with van der Waals surface area (Å²) in [4.78, 5) is 16.5. The molecular formula is C6HCl3N4O2. The minimum Gasteiger partial charge on any atom is -0.476 e. The van der Waals surface area contributed by atoms with Gasteiger partial charge >= 0.3 is 5.97 Å². The van der Waals surface area contributed by atoms with Gasteiger partial charge in [-0.25, -0.2) is 9.78 Å². The molecule has 0 fully saturated rings. The second-order valence-electron chi connectivity index (χ2n) is 2.22. The molecule has 0 atom stereocenters. The zero-order valence-corrected chi connectivity index (χ0v) is 9.05. The van der Waals surface area contributed by atoms with Crippen LogP contribution in [0.2, 0.25) is 15.2 Å². The fourth-order valence-corrected chi connectivity index (χ4v) is 1.43. The van der Waals surface area contributed by atoms with Gasteiger partial charge in [-0.15, -0.1) is 0 Å².